The molecule has 7 heteroatoms. The number of carboxylic acid groups (broad SMARTS) is 1. The molecule has 0 radical (unpaired) electrons. The summed E-state index contributed by atoms with van der Waals surface area (Å²) in [5.74, 6) is -0.277. The lowest BCUT2D eigenvalue weighted by molar-refractivity contribution is -0.370. The van der Waals surface area contributed by atoms with E-state index in [0.29, 0.717) is 0 Å². The normalized spacial score (nSPS) is 14.0. The first-order chi connectivity index (χ1) is 9.55. The van der Waals surface area contributed by atoms with E-state index < -0.39 is 17.7 Å². The molecule has 7 nitrogen and oxygen atoms in total. The molecule has 0 bridgehead atoms. The molecule has 0 aromatic rings. The Morgan fingerprint density at radius 1 is 1.29 bits per heavy atom. The second-order valence-electron chi connectivity index (χ2n) is 5.50. The SMILES string of the molecule is CCC(C)(C)C(C)(C)OOC1=CC(=O)O1.CCOC(=O)O. The fourth-order valence-electron chi connectivity index (χ4n) is 1.04. The summed E-state index contributed by atoms with van der Waals surface area (Å²) in [5, 5.41) is 7.69. The fraction of sp³-hybridized carbons (Fsp3) is 0.714. The average Bonchev–Trinajstić information content (AvgIpc) is 2.33. The van der Waals surface area contributed by atoms with E-state index in [9.17, 15) is 9.59 Å². The second-order valence-corrected chi connectivity index (χ2v) is 5.50. The Bertz CT molecular complexity index is 396. The van der Waals surface area contributed by atoms with Crippen molar-refractivity contribution in [3.05, 3.63) is 12.0 Å². The molecule has 0 unspecified atom stereocenters. The van der Waals surface area contributed by atoms with Crippen LogP contribution in [0.5, 0.6) is 0 Å². The van der Waals surface area contributed by atoms with Crippen molar-refractivity contribution < 1.29 is 33.9 Å². The number of hydrogen-bond acceptors (Lipinski definition) is 6. The van der Waals surface area contributed by atoms with Gasteiger partial charge >= 0.3 is 18.1 Å². The van der Waals surface area contributed by atoms with E-state index in [1.54, 1.807) is 6.92 Å². The monoisotopic (exact) mass is 304 g/mol. The maximum absolute atomic E-state index is 10.5. The molecule has 1 aliphatic rings. The predicted molar refractivity (Wildman–Crippen MR) is 74.1 cm³/mol. The molecular formula is C14H24O7. The Balaban J connectivity index is 0.000000567. The number of cyclic esters (lactones) is 1. The molecule has 0 amide bonds. The molecule has 0 aromatic heterocycles. The van der Waals surface area contributed by atoms with E-state index in [1.165, 1.54) is 6.08 Å². The van der Waals surface area contributed by atoms with E-state index in [0.717, 1.165) is 6.42 Å². The van der Waals surface area contributed by atoms with Gasteiger partial charge in [0.2, 0.25) is 0 Å². The van der Waals surface area contributed by atoms with Crippen molar-refractivity contribution in [2.75, 3.05) is 6.61 Å². The topological polar surface area (TPSA) is 91.3 Å². The summed E-state index contributed by atoms with van der Waals surface area (Å²) < 4.78 is 8.51. The van der Waals surface area contributed by atoms with Gasteiger partial charge in [0.25, 0.3) is 0 Å². The first-order valence-electron chi connectivity index (χ1n) is 6.70. The third-order valence-electron chi connectivity index (χ3n) is 3.55. The summed E-state index contributed by atoms with van der Waals surface area (Å²) in [4.78, 5) is 30.0. The van der Waals surface area contributed by atoms with Gasteiger partial charge in [-0.25, -0.2) is 9.59 Å². The number of rotatable bonds is 6. The zero-order chi connectivity index (χ0) is 16.7. The molecule has 122 valence electrons. The van der Waals surface area contributed by atoms with Crippen molar-refractivity contribution in [3.63, 3.8) is 0 Å². The van der Waals surface area contributed by atoms with Gasteiger partial charge in [0.15, 0.2) is 0 Å². The van der Waals surface area contributed by atoms with Gasteiger partial charge in [0.05, 0.1) is 6.61 Å². The van der Waals surface area contributed by atoms with Gasteiger partial charge < -0.3 is 14.6 Å². The van der Waals surface area contributed by atoms with Crippen LogP contribution in [0.2, 0.25) is 0 Å². The molecule has 1 heterocycles. The molecular weight excluding hydrogens is 280 g/mol. The molecule has 1 rings (SSSR count). The Labute approximate surface area is 124 Å². The molecule has 1 aliphatic heterocycles. The Morgan fingerprint density at radius 2 is 1.81 bits per heavy atom. The van der Waals surface area contributed by atoms with E-state index in [1.807, 2.05) is 13.8 Å². The van der Waals surface area contributed by atoms with Gasteiger partial charge in [-0.05, 0) is 32.6 Å². The van der Waals surface area contributed by atoms with Crippen LogP contribution in [0.1, 0.15) is 48.0 Å². The first-order valence-corrected chi connectivity index (χ1v) is 6.70. The van der Waals surface area contributed by atoms with Crippen LogP contribution in [0.25, 0.3) is 0 Å². The third-order valence-corrected chi connectivity index (χ3v) is 3.55. The molecule has 21 heavy (non-hydrogen) atoms. The zero-order valence-corrected chi connectivity index (χ0v) is 13.4. The largest absolute Gasteiger partial charge is 0.505 e. The van der Waals surface area contributed by atoms with Crippen LogP contribution in [0, 0.1) is 5.41 Å². The lowest BCUT2D eigenvalue weighted by atomic mass is 9.75. The summed E-state index contributed by atoms with van der Waals surface area (Å²) >= 11 is 0. The average molecular weight is 304 g/mol. The van der Waals surface area contributed by atoms with Crippen molar-refractivity contribution in [2.24, 2.45) is 5.41 Å². The highest BCUT2D eigenvalue weighted by molar-refractivity contribution is 5.88. The molecule has 0 saturated carbocycles. The van der Waals surface area contributed by atoms with Crippen LogP contribution in [0.4, 0.5) is 4.79 Å². The first kappa shape index (κ1) is 19.2. The molecule has 0 fully saturated rings. The van der Waals surface area contributed by atoms with Crippen LogP contribution in [-0.4, -0.2) is 29.4 Å². The smallest absolute Gasteiger partial charge is 0.450 e. The minimum Gasteiger partial charge on any atom is -0.450 e. The Kier molecular flexibility index (Phi) is 7.21. The highest BCUT2D eigenvalue weighted by Gasteiger charge is 2.39. The van der Waals surface area contributed by atoms with Crippen molar-refractivity contribution in [2.45, 2.75) is 53.6 Å². The zero-order valence-electron chi connectivity index (χ0n) is 13.4. The summed E-state index contributed by atoms with van der Waals surface area (Å²) in [5.41, 5.74) is -0.480. The van der Waals surface area contributed by atoms with E-state index in [4.69, 9.17) is 14.9 Å². The maximum atomic E-state index is 10.5. The van der Waals surface area contributed by atoms with E-state index in [-0.39, 0.29) is 18.0 Å². The highest BCUT2D eigenvalue weighted by atomic mass is 17.2. The van der Waals surface area contributed by atoms with Crippen molar-refractivity contribution in [1.82, 2.24) is 0 Å². The number of carbonyl (C=O) groups is 2. The molecule has 0 atom stereocenters. The van der Waals surface area contributed by atoms with Gasteiger partial charge in [-0.3, -0.25) is 4.89 Å². The van der Waals surface area contributed by atoms with E-state index >= 15 is 0 Å². The number of carbonyl (C=O) groups excluding carboxylic acids is 1. The summed E-state index contributed by atoms with van der Waals surface area (Å²) in [7, 11) is 0. The summed E-state index contributed by atoms with van der Waals surface area (Å²) in [6.07, 6.45) is 0.995. The molecule has 0 spiro atoms. The van der Waals surface area contributed by atoms with Crippen LogP contribution in [-0.2, 0) is 24.0 Å². The summed E-state index contributed by atoms with van der Waals surface area (Å²) in [6, 6.07) is 0. The van der Waals surface area contributed by atoms with Gasteiger partial charge in [-0.15, -0.1) is 0 Å². The van der Waals surface area contributed by atoms with Crippen molar-refractivity contribution in [3.8, 4) is 0 Å². The number of esters is 1. The highest BCUT2D eigenvalue weighted by Crippen LogP contribution is 2.37. The Morgan fingerprint density at radius 3 is 2.10 bits per heavy atom. The lowest BCUT2D eigenvalue weighted by Crippen LogP contribution is -2.41. The van der Waals surface area contributed by atoms with Gasteiger partial charge in [-0.1, -0.05) is 20.8 Å². The molecule has 1 N–H and O–H groups in total. The van der Waals surface area contributed by atoms with Gasteiger partial charge in [-0.2, -0.15) is 4.89 Å². The minimum atomic E-state index is -1.21. The third kappa shape index (κ3) is 6.48. The van der Waals surface area contributed by atoms with E-state index in [2.05, 4.69) is 30.2 Å². The number of hydrogen-bond donors (Lipinski definition) is 1. The van der Waals surface area contributed by atoms with Crippen LogP contribution in [0.15, 0.2) is 12.0 Å². The maximum Gasteiger partial charge on any atom is 0.505 e. The summed E-state index contributed by atoms with van der Waals surface area (Å²) in [6.45, 7) is 12.0. The van der Waals surface area contributed by atoms with Crippen molar-refractivity contribution >= 4 is 12.1 Å². The molecule has 0 aromatic carbocycles. The second kappa shape index (κ2) is 7.87. The predicted octanol–water partition coefficient (Wildman–Crippen LogP) is 3.25. The molecule has 0 aliphatic carbocycles. The van der Waals surface area contributed by atoms with Crippen LogP contribution >= 0.6 is 0 Å². The number of ether oxygens (including phenoxy) is 2. The van der Waals surface area contributed by atoms with Crippen LogP contribution < -0.4 is 0 Å². The van der Waals surface area contributed by atoms with Gasteiger partial charge in [0, 0.05) is 0 Å². The fourth-order valence-corrected chi connectivity index (χ4v) is 1.04. The van der Waals surface area contributed by atoms with Crippen LogP contribution in [0.3, 0.4) is 0 Å². The van der Waals surface area contributed by atoms with Crippen molar-refractivity contribution in [1.29, 1.82) is 0 Å². The lowest BCUT2D eigenvalue weighted by Gasteiger charge is -2.39. The standard InChI is InChI=1S/C11H18O4.C3H6O3/c1-6-10(2,3)11(4,5)15-14-9-7-8(12)13-9;1-2-6-3(4)5/h7H,6H2,1-5H3;2H2,1H3,(H,4,5). The Hall–Kier alpha value is -1.76. The quantitative estimate of drug-likeness (QED) is 0.457. The minimum absolute atomic E-state index is 0.0265. The van der Waals surface area contributed by atoms with Gasteiger partial charge in [0.1, 0.15) is 11.7 Å². The molecule has 0 saturated heterocycles.